The van der Waals surface area contributed by atoms with Crippen LogP contribution >= 0.6 is 0 Å². The van der Waals surface area contributed by atoms with Gasteiger partial charge >= 0.3 is 0 Å². The standard InChI is InChI=1S/C11H24O4.C7H16O4/c1-5-12-10(13-6-2)9-11(14-7-3)15-8-4;1-8-6(9-2)5-7(10-3)11-4/h10-11H,5-9H2,1-4H3;6-7H,5H2,1-4H3. The summed E-state index contributed by atoms with van der Waals surface area (Å²) in [5, 5.41) is 0. The summed E-state index contributed by atoms with van der Waals surface area (Å²) >= 11 is 0. The molecule has 0 rings (SSSR count). The molecule has 0 saturated heterocycles. The first kappa shape index (κ1) is 27.9. The van der Waals surface area contributed by atoms with Gasteiger partial charge in [0, 0.05) is 67.7 Å². The lowest BCUT2D eigenvalue weighted by Crippen LogP contribution is -2.28. The normalized spacial score (nSPS) is 11.5. The molecule has 0 amide bonds. The minimum Gasteiger partial charge on any atom is -0.356 e. The largest absolute Gasteiger partial charge is 0.356 e. The van der Waals surface area contributed by atoms with E-state index in [1.165, 1.54) is 0 Å². The predicted molar refractivity (Wildman–Crippen MR) is 98.9 cm³/mol. The summed E-state index contributed by atoms with van der Waals surface area (Å²) in [4.78, 5) is 0. The van der Waals surface area contributed by atoms with Crippen molar-refractivity contribution in [3.05, 3.63) is 0 Å². The van der Waals surface area contributed by atoms with Crippen molar-refractivity contribution in [1.29, 1.82) is 0 Å². The highest BCUT2D eigenvalue weighted by Crippen LogP contribution is 2.09. The van der Waals surface area contributed by atoms with Crippen LogP contribution in [0.3, 0.4) is 0 Å². The van der Waals surface area contributed by atoms with Crippen LogP contribution in [-0.4, -0.2) is 80.0 Å². The van der Waals surface area contributed by atoms with Crippen LogP contribution in [-0.2, 0) is 37.9 Å². The highest BCUT2D eigenvalue weighted by atomic mass is 16.7. The molecule has 0 aromatic rings. The second kappa shape index (κ2) is 21.0. The van der Waals surface area contributed by atoms with E-state index in [9.17, 15) is 0 Å². The molecule has 0 heterocycles. The van der Waals surface area contributed by atoms with Gasteiger partial charge in [0.1, 0.15) is 0 Å². The van der Waals surface area contributed by atoms with Crippen molar-refractivity contribution in [1.82, 2.24) is 0 Å². The van der Waals surface area contributed by atoms with E-state index < -0.39 is 0 Å². The topological polar surface area (TPSA) is 73.8 Å². The molecule has 0 unspecified atom stereocenters. The molecule has 0 aromatic heterocycles. The Morgan fingerprint density at radius 1 is 0.423 bits per heavy atom. The summed E-state index contributed by atoms with van der Waals surface area (Å²) in [7, 11) is 6.32. The van der Waals surface area contributed by atoms with E-state index in [-0.39, 0.29) is 25.2 Å². The van der Waals surface area contributed by atoms with Gasteiger partial charge in [0.2, 0.25) is 0 Å². The molecule has 0 saturated carbocycles. The van der Waals surface area contributed by atoms with Crippen molar-refractivity contribution in [3.8, 4) is 0 Å². The van der Waals surface area contributed by atoms with Gasteiger partial charge in [-0.05, 0) is 27.7 Å². The van der Waals surface area contributed by atoms with Crippen molar-refractivity contribution in [2.75, 3.05) is 54.9 Å². The fourth-order valence-electron chi connectivity index (χ4n) is 2.00. The lowest BCUT2D eigenvalue weighted by atomic mass is 10.4. The Balaban J connectivity index is 0. The van der Waals surface area contributed by atoms with Crippen molar-refractivity contribution in [3.63, 3.8) is 0 Å². The zero-order valence-electron chi connectivity index (χ0n) is 17.8. The number of hydrogen-bond acceptors (Lipinski definition) is 8. The Morgan fingerprint density at radius 2 is 0.654 bits per heavy atom. The lowest BCUT2D eigenvalue weighted by Gasteiger charge is -2.23. The van der Waals surface area contributed by atoms with Crippen LogP contribution in [0, 0.1) is 0 Å². The monoisotopic (exact) mass is 384 g/mol. The zero-order chi connectivity index (χ0) is 20.2. The first-order chi connectivity index (χ1) is 12.6. The van der Waals surface area contributed by atoms with E-state index in [4.69, 9.17) is 37.9 Å². The molecule has 0 spiro atoms. The number of ether oxygens (including phenoxy) is 8. The Morgan fingerprint density at radius 3 is 0.846 bits per heavy atom. The SMILES string of the molecule is CCOC(CC(OCC)OCC)OCC.COC(CC(OC)OC)OC. The van der Waals surface area contributed by atoms with Crippen molar-refractivity contribution in [2.24, 2.45) is 0 Å². The van der Waals surface area contributed by atoms with Crippen LogP contribution in [0.25, 0.3) is 0 Å². The molecule has 8 heteroatoms. The van der Waals surface area contributed by atoms with Crippen LogP contribution < -0.4 is 0 Å². The van der Waals surface area contributed by atoms with Crippen molar-refractivity contribution >= 4 is 0 Å². The third-order valence-corrected chi connectivity index (χ3v) is 3.23. The molecule has 0 N–H and O–H groups in total. The molecule has 0 aliphatic heterocycles. The van der Waals surface area contributed by atoms with E-state index in [1.54, 1.807) is 28.4 Å². The predicted octanol–water partition coefficient (Wildman–Crippen LogP) is 2.79. The van der Waals surface area contributed by atoms with Crippen LogP contribution in [0.5, 0.6) is 0 Å². The molecule has 0 aliphatic rings. The third-order valence-electron chi connectivity index (χ3n) is 3.23. The maximum atomic E-state index is 5.42. The molecule has 8 nitrogen and oxygen atoms in total. The van der Waals surface area contributed by atoms with Crippen LogP contribution in [0.2, 0.25) is 0 Å². The summed E-state index contributed by atoms with van der Waals surface area (Å²) in [6.07, 6.45) is 0.189. The Kier molecular flexibility index (Phi) is 22.5. The summed E-state index contributed by atoms with van der Waals surface area (Å²) in [5.74, 6) is 0. The van der Waals surface area contributed by atoms with E-state index >= 15 is 0 Å². The third kappa shape index (κ3) is 15.9. The minimum absolute atomic E-state index is 0.233. The first-order valence-electron chi connectivity index (χ1n) is 9.13. The van der Waals surface area contributed by atoms with E-state index in [0.717, 1.165) is 0 Å². The van der Waals surface area contributed by atoms with E-state index in [2.05, 4.69) is 0 Å². The van der Waals surface area contributed by atoms with Gasteiger partial charge in [-0.25, -0.2) is 0 Å². The molecule has 160 valence electrons. The van der Waals surface area contributed by atoms with Gasteiger partial charge in [0.05, 0.1) is 0 Å². The summed E-state index contributed by atoms with van der Waals surface area (Å²) in [6, 6.07) is 0. The highest BCUT2D eigenvalue weighted by molar-refractivity contribution is 4.51. The van der Waals surface area contributed by atoms with Gasteiger partial charge < -0.3 is 37.9 Å². The van der Waals surface area contributed by atoms with Crippen LogP contribution in [0.15, 0.2) is 0 Å². The van der Waals surface area contributed by atoms with E-state index in [1.807, 2.05) is 27.7 Å². The van der Waals surface area contributed by atoms with Gasteiger partial charge in [-0.3, -0.25) is 0 Å². The van der Waals surface area contributed by atoms with Gasteiger partial charge in [-0.2, -0.15) is 0 Å². The quantitative estimate of drug-likeness (QED) is 0.376. The molecule has 0 radical (unpaired) electrons. The summed E-state index contributed by atoms with van der Waals surface area (Å²) < 4.78 is 41.5. The highest BCUT2D eigenvalue weighted by Gasteiger charge is 2.17. The molecular formula is C18H40O8. The number of methoxy groups -OCH3 is 4. The maximum absolute atomic E-state index is 5.42. The molecule has 0 aromatic carbocycles. The fraction of sp³-hybridized carbons (Fsp3) is 1.00. The molecule has 0 fully saturated rings. The average molecular weight is 385 g/mol. The van der Waals surface area contributed by atoms with Crippen molar-refractivity contribution < 1.29 is 37.9 Å². The second-order valence-corrected chi connectivity index (χ2v) is 4.95. The van der Waals surface area contributed by atoms with Crippen LogP contribution in [0.1, 0.15) is 40.5 Å². The fourth-order valence-corrected chi connectivity index (χ4v) is 2.00. The van der Waals surface area contributed by atoms with Gasteiger partial charge in [0.15, 0.2) is 25.2 Å². The van der Waals surface area contributed by atoms with Gasteiger partial charge in [-0.15, -0.1) is 0 Å². The maximum Gasteiger partial charge on any atom is 0.162 e. The minimum atomic E-state index is -0.264. The average Bonchev–Trinajstić information content (AvgIpc) is 2.64. The molecular weight excluding hydrogens is 344 g/mol. The lowest BCUT2D eigenvalue weighted by molar-refractivity contribution is -0.207. The smallest absolute Gasteiger partial charge is 0.162 e. The van der Waals surface area contributed by atoms with Crippen molar-refractivity contribution in [2.45, 2.75) is 65.7 Å². The van der Waals surface area contributed by atoms with Crippen LogP contribution in [0.4, 0.5) is 0 Å². The zero-order valence-corrected chi connectivity index (χ0v) is 17.8. The Labute approximate surface area is 159 Å². The molecule has 0 bridgehead atoms. The first-order valence-corrected chi connectivity index (χ1v) is 9.13. The Hall–Kier alpha value is -0.320. The summed E-state index contributed by atoms with van der Waals surface area (Å²) in [6.45, 7) is 10.3. The number of rotatable bonds is 16. The summed E-state index contributed by atoms with van der Waals surface area (Å²) in [5.41, 5.74) is 0. The number of hydrogen-bond donors (Lipinski definition) is 0. The van der Waals surface area contributed by atoms with Gasteiger partial charge in [0.25, 0.3) is 0 Å². The van der Waals surface area contributed by atoms with E-state index in [0.29, 0.717) is 39.3 Å². The second-order valence-electron chi connectivity index (χ2n) is 4.95. The molecule has 26 heavy (non-hydrogen) atoms. The van der Waals surface area contributed by atoms with Gasteiger partial charge in [-0.1, -0.05) is 0 Å². The Bertz CT molecular complexity index is 224. The molecule has 0 aliphatic carbocycles. The molecule has 0 atom stereocenters.